The Balaban J connectivity index is 2.67. The quantitative estimate of drug-likeness (QED) is 0.473. The van der Waals surface area contributed by atoms with Gasteiger partial charge in [0.25, 0.3) is 5.78 Å². The molecule has 0 saturated carbocycles. The van der Waals surface area contributed by atoms with Crippen molar-refractivity contribution in [3.05, 3.63) is 34.0 Å². The number of nitrogens with one attached hydrogen (secondary N) is 1. The van der Waals surface area contributed by atoms with E-state index in [1.54, 1.807) is 0 Å². The molecule has 4 nitrogen and oxygen atoms in total. The zero-order chi connectivity index (χ0) is 9.59. The number of hydrogen-bond acceptors (Lipinski definition) is 3. The van der Waals surface area contributed by atoms with Crippen molar-refractivity contribution in [2.45, 2.75) is 0 Å². The molecule has 1 aliphatic heterocycles. The van der Waals surface area contributed by atoms with Crippen LogP contribution in [0.25, 0.3) is 0 Å². The highest BCUT2D eigenvalue weighted by atomic mass is 35.5. The van der Waals surface area contributed by atoms with Gasteiger partial charge in [0.2, 0.25) is 0 Å². The number of carbonyl (C=O) groups is 2. The number of halogens is 1. The number of amides is 1. The second kappa shape index (κ2) is 2.63. The number of benzene rings is 1. The van der Waals surface area contributed by atoms with Gasteiger partial charge in [0.15, 0.2) is 5.69 Å². The summed E-state index contributed by atoms with van der Waals surface area (Å²) < 4.78 is 0. The van der Waals surface area contributed by atoms with Crippen LogP contribution >= 0.6 is 11.6 Å². The summed E-state index contributed by atoms with van der Waals surface area (Å²) in [6.45, 7) is 0. The van der Waals surface area contributed by atoms with Gasteiger partial charge in [-0.1, -0.05) is 11.6 Å². The summed E-state index contributed by atoms with van der Waals surface area (Å²) in [5, 5.41) is 10.7. The van der Waals surface area contributed by atoms with E-state index in [0.717, 1.165) is 0 Å². The molecular formula is C8H4ClNO3. The molecule has 0 bridgehead atoms. The zero-order valence-electron chi connectivity index (χ0n) is 6.33. The summed E-state index contributed by atoms with van der Waals surface area (Å²) in [4.78, 5) is 22.1. The summed E-state index contributed by atoms with van der Waals surface area (Å²) >= 11 is 5.61. The van der Waals surface area contributed by atoms with E-state index in [9.17, 15) is 14.8 Å². The summed E-state index contributed by atoms with van der Waals surface area (Å²) in [6.07, 6.45) is 0. The van der Waals surface area contributed by atoms with E-state index in [2.05, 4.69) is 0 Å². The highest BCUT2D eigenvalue weighted by Crippen LogP contribution is 2.21. The Morgan fingerprint density at radius 2 is 2.00 bits per heavy atom. The summed E-state index contributed by atoms with van der Waals surface area (Å²) in [5.41, 5.74) is 0.266. The summed E-state index contributed by atoms with van der Waals surface area (Å²) in [7, 11) is 0. The molecule has 1 heterocycles. The molecule has 13 heavy (non-hydrogen) atoms. The van der Waals surface area contributed by atoms with Crippen molar-refractivity contribution in [1.82, 2.24) is 0 Å². The topological polar surface area (TPSA) is 61.6 Å². The normalized spacial score (nSPS) is 20.6. The van der Waals surface area contributed by atoms with Crippen LogP contribution in [0.2, 0.25) is 5.02 Å². The first-order chi connectivity index (χ1) is 6.11. The lowest BCUT2D eigenvalue weighted by Crippen LogP contribution is -3.04. The Labute approximate surface area is 78.3 Å². The van der Waals surface area contributed by atoms with Crippen LogP contribution in [0.3, 0.4) is 0 Å². The van der Waals surface area contributed by atoms with Gasteiger partial charge >= 0.3 is 5.91 Å². The molecule has 0 radical (unpaired) electrons. The lowest BCUT2D eigenvalue weighted by atomic mass is 10.1. The van der Waals surface area contributed by atoms with Crippen molar-refractivity contribution >= 4 is 29.0 Å². The molecule has 5 heteroatoms. The first-order valence-corrected chi connectivity index (χ1v) is 3.92. The second-order valence-electron chi connectivity index (χ2n) is 2.68. The molecule has 1 aliphatic rings. The molecule has 0 aromatic heterocycles. The van der Waals surface area contributed by atoms with E-state index >= 15 is 0 Å². The van der Waals surface area contributed by atoms with Crippen LogP contribution in [0.15, 0.2) is 18.2 Å². The maximum Gasteiger partial charge on any atom is 0.390 e. The molecule has 0 saturated heterocycles. The summed E-state index contributed by atoms with van der Waals surface area (Å²) in [6, 6.07) is 4.20. The fraction of sp³-hybridized carbons (Fsp3) is 0. The van der Waals surface area contributed by atoms with E-state index < -0.39 is 16.8 Å². The van der Waals surface area contributed by atoms with Gasteiger partial charge in [0.05, 0.1) is 5.56 Å². The van der Waals surface area contributed by atoms with E-state index in [1.165, 1.54) is 18.2 Å². The third kappa shape index (κ3) is 1.07. The van der Waals surface area contributed by atoms with Gasteiger partial charge < -0.3 is 5.21 Å². The standard InChI is InChI=1S/C8H4ClNO3/c9-4-1-2-6-5(3-4)7(11)8(12)10(6)13/h1-3,10H. The van der Waals surface area contributed by atoms with Crippen molar-refractivity contribution in [3.8, 4) is 0 Å². The molecule has 1 aromatic carbocycles. The van der Waals surface area contributed by atoms with E-state index in [1.807, 2.05) is 0 Å². The Morgan fingerprint density at radius 3 is 2.69 bits per heavy atom. The van der Waals surface area contributed by atoms with Gasteiger partial charge in [0.1, 0.15) is 0 Å². The lowest BCUT2D eigenvalue weighted by molar-refractivity contribution is -0.680. The van der Waals surface area contributed by atoms with Gasteiger partial charge in [-0.3, -0.25) is 9.86 Å². The predicted molar refractivity (Wildman–Crippen MR) is 44.8 cm³/mol. The number of hydrogen-bond donors (Lipinski definition) is 1. The molecule has 0 spiro atoms. The van der Waals surface area contributed by atoms with Gasteiger partial charge in [-0.2, -0.15) is 0 Å². The lowest BCUT2D eigenvalue weighted by Gasteiger charge is -2.10. The van der Waals surface area contributed by atoms with Gasteiger partial charge in [0, 0.05) is 11.1 Å². The van der Waals surface area contributed by atoms with E-state index in [4.69, 9.17) is 11.6 Å². The Morgan fingerprint density at radius 1 is 1.31 bits per heavy atom. The molecule has 1 atom stereocenters. The highest BCUT2D eigenvalue weighted by Gasteiger charge is 2.37. The van der Waals surface area contributed by atoms with E-state index in [-0.39, 0.29) is 11.3 Å². The van der Waals surface area contributed by atoms with Crippen LogP contribution in [0.4, 0.5) is 5.69 Å². The third-order valence-electron chi connectivity index (χ3n) is 1.88. The first-order valence-electron chi connectivity index (χ1n) is 3.54. The number of carbonyl (C=O) groups excluding carboxylic acids is 2. The van der Waals surface area contributed by atoms with Crippen LogP contribution in [0.1, 0.15) is 10.4 Å². The van der Waals surface area contributed by atoms with Crippen LogP contribution in [0, 0.1) is 5.21 Å². The number of fused-ring (bicyclic) bond motifs is 1. The molecule has 66 valence electrons. The molecule has 1 aromatic rings. The van der Waals surface area contributed by atoms with Crippen molar-refractivity contribution in [1.29, 1.82) is 0 Å². The van der Waals surface area contributed by atoms with E-state index in [0.29, 0.717) is 5.02 Å². The number of quaternary nitrogens is 1. The maximum atomic E-state index is 11.1. The summed E-state index contributed by atoms with van der Waals surface area (Å²) in [5.74, 6) is -1.74. The maximum absolute atomic E-state index is 11.1. The fourth-order valence-electron chi connectivity index (χ4n) is 1.25. The van der Waals surface area contributed by atoms with Gasteiger partial charge in [-0.05, 0) is 12.1 Å². The monoisotopic (exact) mass is 197 g/mol. The molecule has 1 unspecified atom stereocenters. The van der Waals surface area contributed by atoms with Crippen LogP contribution < -0.4 is 5.06 Å². The number of hydroxylamine groups is 1. The van der Waals surface area contributed by atoms with Crippen LogP contribution in [-0.2, 0) is 4.79 Å². The van der Waals surface area contributed by atoms with Crippen molar-refractivity contribution in [2.24, 2.45) is 0 Å². The SMILES string of the molecule is O=C1C(=O)[NH+]([O-])c2ccc(Cl)cc21. The number of ketones is 1. The zero-order valence-corrected chi connectivity index (χ0v) is 7.09. The number of Topliss-reactive ketones (excluding diaryl/α,β-unsaturated/α-hetero) is 1. The average molecular weight is 198 g/mol. The Kier molecular flexibility index (Phi) is 1.69. The minimum Gasteiger partial charge on any atom is -0.621 e. The first kappa shape index (κ1) is 8.37. The molecule has 0 fully saturated rings. The highest BCUT2D eigenvalue weighted by molar-refractivity contribution is 6.44. The predicted octanol–water partition coefficient (Wildman–Crippen LogP) is 0.0771. The van der Waals surface area contributed by atoms with Gasteiger partial charge in [-0.25, -0.2) is 4.79 Å². The molecular weight excluding hydrogens is 194 g/mol. The Hall–Kier alpha value is -1.23. The van der Waals surface area contributed by atoms with Crippen LogP contribution in [0.5, 0.6) is 0 Å². The molecule has 0 aliphatic carbocycles. The average Bonchev–Trinajstić information content (AvgIpc) is 2.32. The van der Waals surface area contributed by atoms with Crippen molar-refractivity contribution in [3.63, 3.8) is 0 Å². The molecule has 2 rings (SSSR count). The fourth-order valence-corrected chi connectivity index (χ4v) is 1.42. The smallest absolute Gasteiger partial charge is 0.390 e. The third-order valence-corrected chi connectivity index (χ3v) is 2.12. The molecule has 1 amide bonds. The van der Waals surface area contributed by atoms with Gasteiger partial charge in [-0.15, -0.1) is 0 Å². The largest absolute Gasteiger partial charge is 0.621 e. The number of rotatable bonds is 0. The van der Waals surface area contributed by atoms with Crippen molar-refractivity contribution < 1.29 is 14.7 Å². The Bertz CT molecular complexity index is 416. The van der Waals surface area contributed by atoms with Crippen LogP contribution in [-0.4, -0.2) is 11.7 Å². The second-order valence-corrected chi connectivity index (χ2v) is 3.11. The molecule has 1 N–H and O–H groups in total. The minimum absolute atomic E-state index is 0.113. The van der Waals surface area contributed by atoms with Crippen molar-refractivity contribution in [2.75, 3.05) is 0 Å². The minimum atomic E-state index is -0.975.